The van der Waals surface area contributed by atoms with Crippen molar-refractivity contribution in [2.24, 2.45) is 0 Å². The van der Waals surface area contributed by atoms with Gasteiger partial charge in [-0.05, 0) is 12.0 Å². The Morgan fingerprint density at radius 1 is 1.29 bits per heavy atom. The van der Waals surface area contributed by atoms with Crippen molar-refractivity contribution < 1.29 is 19.4 Å². The molecule has 0 radical (unpaired) electrons. The fraction of sp³-hybridized carbons (Fsp3) is 0.333. The molecule has 1 N–H and O–H groups in total. The lowest BCUT2D eigenvalue weighted by Crippen LogP contribution is -2.26. The summed E-state index contributed by atoms with van der Waals surface area (Å²) in [6, 6.07) is 9.49. The van der Waals surface area contributed by atoms with Crippen LogP contribution < -0.4 is 0 Å². The van der Waals surface area contributed by atoms with Gasteiger partial charge in [-0.25, -0.2) is 9.59 Å². The average molecular weight is 314 g/mol. The summed E-state index contributed by atoms with van der Waals surface area (Å²) in [6.45, 7) is 2.58. The first-order valence-electron chi connectivity index (χ1n) is 6.41. The topological polar surface area (TPSA) is 66.8 Å². The molecule has 0 heterocycles. The molecule has 1 aromatic carbocycles. The van der Waals surface area contributed by atoms with Crippen LogP contribution >= 0.6 is 12.4 Å². The third kappa shape index (κ3) is 6.81. The first-order valence-corrected chi connectivity index (χ1v) is 6.41. The van der Waals surface area contributed by atoms with E-state index in [-0.39, 0.29) is 24.7 Å². The van der Waals surface area contributed by atoms with E-state index in [2.05, 4.69) is 0 Å². The van der Waals surface area contributed by atoms with E-state index in [4.69, 9.17) is 9.84 Å². The van der Waals surface area contributed by atoms with Crippen LogP contribution in [0.5, 0.6) is 0 Å². The Hall–Kier alpha value is -2.01. The predicted molar refractivity (Wildman–Crippen MR) is 82.1 cm³/mol. The van der Waals surface area contributed by atoms with Gasteiger partial charge in [-0.3, -0.25) is 0 Å². The van der Waals surface area contributed by atoms with Crippen LogP contribution in [0, 0.1) is 0 Å². The highest BCUT2D eigenvalue weighted by molar-refractivity contribution is 5.95. The van der Waals surface area contributed by atoms with E-state index >= 15 is 0 Å². The quantitative estimate of drug-likeness (QED) is 0.618. The fourth-order valence-electron chi connectivity index (χ4n) is 1.65. The van der Waals surface area contributed by atoms with Gasteiger partial charge in [0.2, 0.25) is 0 Å². The molecule has 5 nitrogen and oxygen atoms in total. The molecule has 6 heteroatoms. The second kappa shape index (κ2) is 9.83. The van der Waals surface area contributed by atoms with Crippen molar-refractivity contribution in [2.45, 2.75) is 19.9 Å². The Morgan fingerprint density at radius 3 is 2.43 bits per heavy atom. The molecule has 0 amide bonds. The van der Waals surface area contributed by atoms with Gasteiger partial charge in [-0.1, -0.05) is 37.3 Å². The zero-order valence-corrected chi connectivity index (χ0v) is 12.9. The maximum Gasteiger partial charge on any atom is 0.354 e. The highest BCUT2D eigenvalue weighted by Crippen LogP contribution is 2.10. The molecule has 0 bridgehead atoms. The number of nitrogens with zero attached hydrogens (tertiary/aromatic N) is 1. The molecule has 116 valence electrons. The van der Waals surface area contributed by atoms with Crippen LogP contribution in [0.15, 0.2) is 42.1 Å². The van der Waals surface area contributed by atoms with Crippen LogP contribution in [0.2, 0.25) is 0 Å². The Bertz CT molecular complexity index is 488. The van der Waals surface area contributed by atoms with Gasteiger partial charge in [0.25, 0.3) is 0 Å². The third-order valence-corrected chi connectivity index (χ3v) is 2.58. The predicted octanol–water partition coefficient (Wildman–Crippen LogP) is 2.46. The van der Waals surface area contributed by atoms with Crippen molar-refractivity contribution >= 4 is 24.3 Å². The minimum absolute atomic E-state index is 0. The lowest BCUT2D eigenvalue weighted by Gasteiger charge is -2.21. The second-order valence-corrected chi connectivity index (χ2v) is 4.35. The van der Waals surface area contributed by atoms with Crippen LogP contribution in [0.25, 0.3) is 0 Å². The number of carbonyl (C=O) groups is 2. The van der Waals surface area contributed by atoms with E-state index in [1.807, 2.05) is 37.3 Å². The third-order valence-electron chi connectivity index (χ3n) is 2.58. The summed E-state index contributed by atoms with van der Waals surface area (Å²) in [5.41, 5.74) is 1.02. The van der Waals surface area contributed by atoms with Gasteiger partial charge in [0.1, 0.15) is 5.70 Å². The van der Waals surface area contributed by atoms with Crippen molar-refractivity contribution in [2.75, 3.05) is 13.7 Å². The highest BCUT2D eigenvalue weighted by atomic mass is 35.5. The molecule has 0 aliphatic rings. The van der Waals surface area contributed by atoms with Gasteiger partial charge < -0.3 is 14.7 Å². The van der Waals surface area contributed by atoms with Gasteiger partial charge in [-0.15, -0.1) is 12.4 Å². The number of esters is 1. The van der Waals surface area contributed by atoms with E-state index in [9.17, 15) is 9.59 Å². The number of carbonyl (C=O) groups excluding carboxylic acids is 1. The van der Waals surface area contributed by atoms with Crippen LogP contribution in [-0.4, -0.2) is 35.6 Å². The Balaban J connectivity index is 0.00000400. The van der Waals surface area contributed by atoms with E-state index in [1.54, 1.807) is 11.9 Å². The summed E-state index contributed by atoms with van der Waals surface area (Å²) in [6.07, 6.45) is 1.56. The largest absolute Gasteiger partial charge is 0.478 e. The number of hydrogen-bond acceptors (Lipinski definition) is 4. The molecule has 0 aromatic heterocycles. The van der Waals surface area contributed by atoms with Gasteiger partial charge in [0, 0.05) is 13.6 Å². The highest BCUT2D eigenvalue weighted by Gasteiger charge is 2.17. The number of carboxylic acid groups (broad SMARTS) is 1. The molecule has 0 unspecified atom stereocenters. The molecule has 0 spiro atoms. The standard InChI is InChI=1S/C15H19NO4.ClH/c1-3-9-20-15(19)13(10-14(17)18)16(2)11-12-7-5-4-6-8-12;/h4-8,10H,3,9,11H2,1-2H3,(H,17,18);1H/b13-10-;. The number of rotatable bonds is 7. The Morgan fingerprint density at radius 2 is 1.90 bits per heavy atom. The number of carboxylic acids is 1. The minimum atomic E-state index is -1.17. The summed E-state index contributed by atoms with van der Waals surface area (Å²) in [4.78, 5) is 24.3. The number of likely N-dealkylation sites (N-methyl/N-ethyl adjacent to an activating group) is 1. The van der Waals surface area contributed by atoms with E-state index in [0.717, 1.165) is 11.6 Å². The maximum atomic E-state index is 11.9. The van der Waals surface area contributed by atoms with Crippen molar-refractivity contribution in [3.63, 3.8) is 0 Å². The molecule has 1 rings (SSSR count). The fourth-order valence-corrected chi connectivity index (χ4v) is 1.65. The van der Waals surface area contributed by atoms with E-state index in [1.165, 1.54) is 0 Å². The molecular formula is C15H20ClNO4. The van der Waals surface area contributed by atoms with Gasteiger partial charge >= 0.3 is 11.9 Å². The van der Waals surface area contributed by atoms with Crippen LogP contribution in [0.3, 0.4) is 0 Å². The van der Waals surface area contributed by atoms with Crippen LogP contribution in [-0.2, 0) is 20.9 Å². The molecule has 0 aliphatic heterocycles. The molecule has 21 heavy (non-hydrogen) atoms. The zero-order valence-electron chi connectivity index (χ0n) is 12.1. The number of hydrogen-bond donors (Lipinski definition) is 1. The number of aliphatic carboxylic acids is 1. The number of ether oxygens (including phenoxy) is 1. The second-order valence-electron chi connectivity index (χ2n) is 4.35. The van der Waals surface area contributed by atoms with Crippen LogP contribution in [0.4, 0.5) is 0 Å². The number of halogens is 1. The smallest absolute Gasteiger partial charge is 0.354 e. The average Bonchev–Trinajstić information content (AvgIpc) is 2.43. The van der Waals surface area contributed by atoms with Crippen molar-refractivity contribution in [1.29, 1.82) is 0 Å². The van der Waals surface area contributed by atoms with Crippen molar-refractivity contribution in [1.82, 2.24) is 4.90 Å². The first kappa shape index (κ1) is 19.0. The molecular weight excluding hydrogens is 294 g/mol. The lowest BCUT2D eigenvalue weighted by molar-refractivity contribution is -0.141. The molecule has 1 aromatic rings. The molecule has 0 saturated heterocycles. The summed E-state index contributed by atoms with van der Waals surface area (Å²) >= 11 is 0. The van der Waals surface area contributed by atoms with E-state index in [0.29, 0.717) is 13.0 Å². The molecule has 0 fully saturated rings. The van der Waals surface area contributed by atoms with Crippen molar-refractivity contribution in [3.8, 4) is 0 Å². The molecule has 0 aliphatic carbocycles. The monoisotopic (exact) mass is 313 g/mol. The van der Waals surface area contributed by atoms with Crippen LogP contribution in [0.1, 0.15) is 18.9 Å². The zero-order chi connectivity index (χ0) is 15.0. The molecule has 0 saturated carbocycles. The summed E-state index contributed by atoms with van der Waals surface area (Å²) in [5.74, 6) is -1.79. The summed E-state index contributed by atoms with van der Waals surface area (Å²) in [7, 11) is 1.66. The summed E-state index contributed by atoms with van der Waals surface area (Å²) < 4.78 is 5.00. The van der Waals surface area contributed by atoms with Crippen molar-refractivity contribution in [3.05, 3.63) is 47.7 Å². The normalized spacial score (nSPS) is 10.5. The first-order chi connectivity index (χ1) is 9.54. The maximum absolute atomic E-state index is 11.9. The summed E-state index contributed by atoms with van der Waals surface area (Å²) in [5, 5.41) is 8.86. The number of benzene rings is 1. The van der Waals surface area contributed by atoms with Gasteiger partial charge in [0.05, 0.1) is 12.7 Å². The van der Waals surface area contributed by atoms with Gasteiger partial charge in [0.15, 0.2) is 0 Å². The minimum Gasteiger partial charge on any atom is -0.478 e. The SMILES string of the molecule is CCCOC(=O)/C(=C/C(=O)O)N(C)Cc1ccccc1.Cl. The Labute approximate surface area is 130 Å². The lowest BCUT2D eigenvalue weighted by atomic mass is 10.2. The Kier molecular flexibility index (Phi) is 8.88. The van der Waals surface area contributed by atoms with E-state index < -0.39 is 11.9 Å². The molecule has 0 atom stereocenters. The van der Waals surface area contributed by atoms with Gasteiger partial charge in [-0.2, -0.15) is 0 Å².